The van der Waals surface area contributed by atoms with Crippen molar-refractivity contribution in [3.8, 4) is 11.4 Å². The molecule has 1 unspecified atom stereocenters. The molecule has 0 aliphatic carbocycles. The summed E-state index contributed by atoms with van der Waals surface area (Å²) >= 11 is 0. The number of hydrogen-bond donors (Lipinski definition) is 0. The van der Waals surface area contributed by atoms with Gasteiger partial charge in [-0.05, 0) is 44.5 Å². The van der Waals surface area contributed by atoms with Gasteiger partial charge in [0.15, 0.2) is 0 Å². The van der Waals surface area contributed by atoms with E-state index in [0.29, 0.717) is 41.1 Å². The van der Waals surface area contributed by atoms with Crippen LogP contribution in [-0.4, -0.2) is 34.0 Å². The Morgan fingerprint density at radius 3 is 2.52 bits per heavy atom. The van der Waals surface area contributed by atoms with Crippen LogP contribution in [0.15, 0.2) is 53.3 Å². The highest BCUT2D eigenvalue weighted by molar-refractivity contribution is 5.79. The second-order valence-electron chi connectivity index (χ2n) is 7.61. The SMILES string of the molecule is CCCCCC(=O)N(CC)C(C)c1nc2ccccc2c(=O)n1-c1ccccc1OC. The van der Waals surface area contributed by atoms with E-state index in [2.05, 4.69) is 6.92 Å². The van der Waals surface area contributed by atoms with E-state index in [1.54, 1.807) is 22.6 Å². The molecule has 1 aromatic heterocycles. The lowest BCUT2D eigenvalue weighted by Crippen LogP contribution is -2.37. The standard InChI is InChI=1S/C25H31N3O3/c1-5-7-8-17-23(29)27(6-2)18(3)24-26-20-14-10-9-13-19(20)25(30)28(24)21-15-11-12-16-22(21)31-4/h9-16,18H,5-8,17H2,1-4H3. The van der Waals surface area contributed by atoms with Crippen molar-refractivity contribution in [3.63, 3.8) is 0 Å². The van der Waals surface area contributed by atoms with E-state index < -0.39 is 0 Å². The average Bonchev–Trinajstić information content (AvgIpc) is 2.79. The van der Waals surface area contributed by atoms with E-state index in [0.717, 1.165) is 19.3 Å². The first-order valence-corrected chi connectivity index (χ1v) is 11.0. The van der Waals surface area contributed by atoms with Crippen LogP contribution in [0.25, 0.3) is 16.6 Å². The Labute approximate surface area is 183 Å². The number of benzene rings is 2. The fraction of sp³-hybridized carbons (Fsp3) is 0.400. The summed E-state index contributed by atoms with van der Waals surface area (Å²) in [6, 6.07) is 14.3. The number of rotatable bonds is 9. The van der Waals surface area contributed by atoms with Gasteiger partial charge in [-0.25, -0.2) is 4.98 Å². The fourth-order valence-corrected chi connectivity index (χ4v) is 3.95. The van der Waals surface area contributed by atoms with Gasteiger partial charge in [-0.15, -0.1) is 0 Å². The van der Waals surface area contributed by atoms with Crippen LogP contribution in [0, 0.1) is 0 Å². The molecule has 31 heavy (non-hydrogen) atoms. The monoisotopic (exact) mass is 421 g/mol. The highest BCUT2D eigenvalue weighted by Gasteiger charge is 2.26. The third kappa shape index (κ3) is 4.63. The van der Waals surface area contributed by atoms with Crippen LogP contribution in [0.2, 0.25) is 0 Å². The summed E-state index contributed by atoms with van der Waals surface area (Å²) in [6.45, 7) is 6.56. The molecule has 0 saturated carbocycles. The minimum absolute atomic E-state index is 0.0810. The van der Waals surface area contributed by atoms with Crippen LogP contribution < -0.4 is 10.3 Å². The number of aromatic nitrogens is 2. The smallest absolute Gasteiger partial charge is 0.266 e. The van der Waals surface area contributed by atoms with Crippen molar-refractivity contribution in [2.45, 2.75) is 52.5 Å². The molecule has 2 aromatic carbocycles. The molecular weight excluding hydrogens is 390 g/mol. The van der Waals surface area contributed by atoms with Gasteiger partial charge in [0, 0.05) is 13.0 Å². The summed E-state index contributed by atoms with van der Waals surface area (Å²) in [4.78, 5) is 33.2. The maximum Gasteiger partial charge on any atom is 0.266 e. The molecule has 3 rings (SSSR count). The predicted molar refractivity (Wildman–Crippen MR) is 124 cm³/mol. The molecule has 0 spiro atoms. The Hall–Kier alpha value is -3.15. The van der Waals surface area contributed by atoms with E-state index in [1.165, 1.54) is 0 Å². The lowest BCUT2D eigenvalue weighted by atomic mass is 10.1. The summed E-state index contributed by atoms with van der Waals surface area (Å²) in [7, 11) is 1.58. The lowest BCUT2D eigenvalue weighted by molar-refractivity contribution is -0.133. The van der Waals surface area contributed by atoms with Crippen molar-refractivity contribution in [2.24, 2.45) is 0 Å². The van der Waals surface area contributed by atoms with Crippen molar-refractivity contribution in [2.75, 3.05) is 13.7 Å². The largest absolute Gasteiger partial charge is 0.495 e. The molecule has 0 bridgehead atoms. The number of fused-ring (bicyclic) bond motifs is 1. The van der Waals surface area contributed by atoms with Crippen molar-refractivity contribution in [3.05, 3.63) is 64.7 Å². The van der Waals surface area contributed by atoms with Crippen LogP contribution >= 0.6 is 0 Å². The van der Waals surface area contributed by atoms with Gasteiger partial charge in [0.25, 0.3) is 5.56 Å². The molecular formula is C25H31N3O3. The molecule has 1 heterocycles. The molecule has 1 atom stereocenters. The van der Waals surface area contributed by atoms with Crippen LogP contribution in [0.5, 0.6) is 5.75 Å². The molecule has 0 fully saturated rings. The van der Waals surface area contributed by atoms with E-state index in [4.69, 9.17) is 9.72 Å². The highest BCUT2D eigenvalue weighted by atomic mass is 16.5. The minimum atomic E-state index is -0.374. The number of methoxy groups -OCH3 is 1. The lowest BCUT2D eigenvalue weighted by Gasteiger charge is -2.30. The van der Waals surface area contributed by atoms with Gasteiger partial charge < -0.3 is 9.64 Å². The Morgan fingerprint density at radius 1 is 1.10 bits per heavy atom. The van der Waals surface area contributed by atoms with E-state index in [1.807, 2.05) is 56.3 Å². The van der Waals surface area contributed by atoms with Crippen LogP contribution in [-0.2, 0) is 4.79 Å². The summed E-state index contributed by atoms with van der Waals surface area (Å²) in [5.74, 6) is 1.18. The molecule has 6 nitrogen and oxygen atoms in total. The summed E-state index contributed by atoms with van der Waals surface area (Å²) in [5.41, 5.74) is 1.06. The average molecular weight is 422 g/mol. The summed E-state index contributed by atoms with van der Waals surface area (Å²) < 4.78 is 7.12. The maximum absolute atomic E-state index is 13.6. The zero-order chi connectivity index (χ0) is 22.4. The van der Waals surface area contributed by atoms with Gasteiger partial charge in [-0.3, -0.25) is 14.2 Å². The van der Waals surface area contributed by atoms with Crippen molar-refractivity contribution >= 4 is 16.8 Å². The predicted octanol–water partition coefficient (Wildman–Crippen LogP) is 4.88. The van der Waals surface area contributed by atoms with Crippen LogP contribution in [0.3, 0.4) is 0 Å². The molecule has 0 aliphatic rings. The molecule has 164 valence electrons. The first kappa shape index (κ1) is 22.5. The number of ether oxygens (including phenoxy) is 1. The number of carbonyl (C=O) groups is 1. The number of para-hydroxylation sites is 3. The Kier molecular flexibility index (Phi) is 7.45. The first-order valence-electron chi connectivity index (χ1n) is 11.0. The second kappa shape index (κ2) is 10.2. The normalized spacial score (nSPS) is 12.0. The second-order valence-corrected chi connectivity index (χ2v) is 7.61. The van der Waals surface area contributed by atoms with Gasteiger partial charge in [0.05, 0.1) is 29.7 Å². The van der Waals surface area contributed by atoms with Gasteiger partial charge in [0.1, 0.15) is 11.6 Å². The zero-order valence-corrected chi connectivity index (χ0v) is 18.8. The highest BCUT2D eigenvalue weighted by Crippen LogP contribution is 2.28. The maximum atomic E-state index is 13.6. The third-order valence-electron chi connectivity index (χ3n) is 5.62. The topological polar surface area (TPSA) is 64.4 Å². The van der Waals surface area contributed by atoms with Crippen molar-refractivity contribution in [1.29, 1.82) is 0 Å². The van der Waals surface area contributed by atoms with Gasteiger partial charge in [-0.2, -0.15) is 0 Å². The summed E-state index contributed by atoms with van der Waals surface area (Å²) in [6.07, 6.45) is 3.45. The van der Waals surface area contributed by atoms with Crippen LogP contribution in [0.4, 0.5) is 0 Å². The molecule has 0 aliphatic heterocycles. The van der Waals surface area contributed by atoms with Gasteiger partial charge >= 0.3 is 0 Å². The van der Waals surface area contributed by atoms with Gasteiger partial charge in [0.2, 0.25) is 5.91 Å². The van der Waals surface area contributed by atoms with Crippen molar-refractivity contribution < 1.29 is 9.53 Å². The quantitative estimate of drug-likeness (QED) is 0.462. The Bertz CT molecular complexity index is 1110. The number of carbonyl (C=O) groups excluding carboxylic acids is 1. The zero-order valence-electron chi connectivity index (χ0n) is 18.8. The number of hydrogen-bond acceptors (Lipinski definition) is 4. The third-order valence-corrected chi connectivity index (χ3v) is 5.62. The number of nitrogens with zero attached hydrogens (tertiary/aromatic N) is 3. The molecule has 1 amide bonds. The minimum Gasteiger partial charge on any atom is -0.495 e. The molecule has 0 radical (unpaired) electrons. The Morgan fingerprint density at radius 2 is 1.81 bits per heavy atom. The molecule has 6 heteroatoms. The summed E-state index contributed by atoms with van der Waals surface area (Å²) in [5, 5.41) is 0.529. The van der Waals surface area contributed by atoms with E-state index in [-0.39, 0.29) is 17.5 Å². The van der Waals surface area contributed by atoms with Crippen molar-refractivity contribution in [1.82, 2.24) is 14.5 Å². The molecule has 0 saturated heterocycles. The van der Waals surface area contributed by atoms with Crippen LogP contribution in [0.1, 0.15) is 58.3 Å². The van der Waals surface area contributed by atoms with E-state index >= 15 is 0 Å². The first-order chi connectivity index (χ1) is 15.0. The number of amides is 1. The Balaban J connectivity index is 2.18. The fourth-order valence-electron chi connectivity index (χ4n) is 3.95. The molecule has 0 N–H and O–H groups in total. The van der Waals surface area contributed by atoms with Gasteiger partial charge in [-0.1, -0.05) is 44.0 Å². The number of unbranched alkanes of at least 4 members (excludes halogenated alkanes) is 2. The molecule has 3 aromatic rings. The van der Waals surface area contributed by atoms with E-state index in [9.17, 15) is 9.59 Å².